The molecule has 1 aliphatic rings. The molecule has 1 saturated heterocycles. The number of nitrogens with one attached hydrogen (secondary N) is 1. The maximum atomic E-state index is 12.1. The molecule has 0 saturated carbocycles. The van der Waals surface area contributed by atoms with Crippen molar-refractivity contribution in [2.24, 2.45) is 0 Å². The molecule has 9 heteroatoms. The molecule has 2 heterocycles. The van der Waals surface area contributed by atoms with E-state index in [1.165, 1.54) is 0 Å². The van der Waals surface area contributed by atoms with E-state index < -0.39 is 5.97 Å². The molecule has 1 fully saturated rings. The molecule has 27 heavy (non-hydrogen) atoms. The number of piperidine rings is 1. The predicted octanol–water partition coefficient (Wildman–Crippen LogP) is 2.84. The van der Waals surface area contributed by atoms with Gasteiger partial charge in [0.15, 0.2) is 0 Å². The summed E-state index contributed by atoms with van der Waals surface area (Å²) in [4.78, 5) is 29.6. The minimum absolute atomic E-state index is 0.0968. The first kappa shape index (κ1) is 19.2. The van der Waals surface area contributed by atoms with Crippen LogP contribution < -0.4 is 5.32 Å². The van der Waals surface area contributed by atoms with Crippen LogP contribution in [0.1, 0.15) is 31.6 Å². The Morgan fingerprint density at radius 2 is 2.15 bits per heavy atom. The second-order valence-corrected chi connectivity index (χ2v) is 6.63. The normalized spacial score (nSPS) is 14.8. The lowest BCUT2D eigenvalue weighted by atomic mass is 9.97. The van der Waals surface area contributed by atoms with Crippen LogP contribution in [-0.4, -0.2) is 53.3 Å². The topological polar surface area (TPSA) is 97.6 Å². The maximum absolute atomic E-state index is 12.1. The lowest BCUT2D eigenvalue weighted by molar-refractivity contribution is -0.141. The zero-order chi connectivity index (χ0) is 19.2. The standard InChI is InChI=1S/C18H21ClN4O4/c1-2-26-15(24)11-20-18(25)23-8-6-12(7-9-23)17-21-16(22-27-17)13-4-3-5-14(19)10-13/h3-5,10,12H,2,6-9,11H2,1H3,(H,20,25). The van der Waals surface area contributed by atoms with Gasteiger partial charge in [-0.2, -0.15) is 4.98 Å². The first-order valence-electron chi connectivity index (χ1n) is 8.84. The summed E-state index contributed by atoms with van der Waals surface area (Å²) in [5, 5.41) is 7.22. The molecule has 1 aromatic heterocycles. The summed E-state index contributed by atoms with van der Waals surface area (Å²) in [6.07, 6.45) is 1.42. The van der Waals surface area contributed by atoms with Gasteiger partial charge >= 0.3 is 12.0 Å². The van der Waals surface area contributed by atoms with Crippen molar-refractivity contribution in [3.05, 3.63) is 35.2 Å². The first-order chi connectivity index (χ1) is 13.1. The molecule has 144 valence electrons. The van der Waals surface area contributed by atoms with E-state index in [0.717, 1.165) is 5.56 Å². The highest BCUT2D eigenvalue weighted by molar-refractivity contribution is 6.30. The highest BCUT2D eigenvalue weighted by Crippen LogP contribution is 2.29. The zero-order valence-corrected chi connectivity index (χ0v) is 15.7. The summed E-state index contributed by atoms with van der Waals surface area (Å²) in [6, 6.07) is 7.01. The smallest absolute Gasteiger partial charge is 0.325 e. The molecule has 2 aromatic rings. The van der Waals surface area contributed by atoms with Crippen LogP contribution in [0.25, 0.3) is 11.4 Å². The van der Waals surface area contributed by atoms with Crippen LogP contribution in [-0.2, 0) is 9.53 Å². The van der Waals surface area contributed by atoms with Crippen LogP contribution in [0.15, 0.2) is 28.8 Å². The molecule has 0 atom stereocenters. The van der Waals surface area contributed by atoms with Crippen molar-refractivity contribution < 1.29 is 18.8 Å². The van der Waals surface area contributed by atoms with E-state index in [2.05, 4.69) is 15.5 Å². The number of hydrogen-bond acceptors (Lipinski definition) is 6. The van der Waals surface area contributed by atoms with Gasteiger partial charge in [0.25, 0.3) is 0 Å². The fourth-order valence-electron chi connectivity index (χ4n) is 2.95. The number of benzene rings is 1. The number of carbonyl (C=O) groups is 2. The molecule has 0 bridgehead atoms. The van der Waals surface area contributed by atoms with Gasteiger partial charge in [-0.05, 0) is 31.9 Å². The Bertz CT molecular complexity index is 802. The van der Waals surface area contributed by atoms with Crippen molar-refractivity contribution in [2.75, 3.05) is 26.2 Å². The predicted molar refractivity (Wildman–Crippen MR) is 98.3 cm³/mol. The van der Waals surface area contributed by atoms with Gasteiger partial charge in [0.2, 0.25) is 11.7 Å². The Morgan fingerprint density at radius 1 is 1.37 bits per heavy atom. The zero-order valence-electron chi connectivity index (χ0n) is 15.0. The molecule has 3 rings (SSSR count). The summed E-state index contributed by atoms with van der Waals surface area (Å²) in [5.41, 5.74) is 0.799. The molecule has 0 radical (unpaired) electrons. The molecule has 1 aromatic carbocycles. The van der Waals surface area contributed by atoms with E-state index in [4.69, 9.17) is 20.9 Å². The lowest BCUT2D eigenvalue weighted by Crippen LogP contribution is -2.45. The van der Waals surface area contributed by atoms with Crippen LogP contribution in [0, 0.1) is 0 Å². The summed E-state index contributed by atoms with van der Waals surface area (Å²) >= 11 is 6.00. The second kappa shape index (κ2) is 8.85. The van der Waals surface area contributed by atoms with Gasteiger partial charge in [0.05, 0.1) is 6.61 Å². The van der Waals surface area contributed by atoms with Crippen molar-refractivity contribution >= 4 is 23.6 Å². The molecule has 8 nitrogen and oxygen atoms in total. The Morgan fingerprint density at radius 3 is 2.85 bits per heavy atom. The third-order valence-corrected chi connectivity index (χ3v) is 4.58. The van der Waals surface area contributed by atoms with Crippen molar-refractivity contribution in [1.82, 2.24) is 20.4 Å². The van der Waals surface area contributed by atoms with E-state index in [0.29, 0.717) is 49.3 Å². The lowest BCUT2D eigenvalue weighted by Gasteiger charge is -2.30. The van der Waals surface area contributed by atoms with Crippen molar-refractivity contribution in [1.29, 1.82) is 0 Å². The Labute approximate surface area is 161 Å². The number of halogens is 1. The molecule has 1 aliphatic heterocycles. The number of ether oxygens (including phenoxy) is 1. The van der Waals surface area contributed by atoms with Gasteiger partial charge in [0.1, 0.15) is 6.54 Å². The third kappa shape index (κ3) is 4.97. The summed E-state index contributed by atoms with van der Waals surface area (Å²) in [5.74, 6) is 0.721. The fourth-order valence-corrected chi connectivity index (χ4v) is 3.14. The van der Waals surface area contributed by atoms with Gasteiger partial charge in [-0.3, -0.25) is 4.79 Å². The Kier molecular flexibility index (Phi) is 6.28. The third-order valence-electron chi connectivity index (χ3n) is 4.35. The number of urea groups is 1. The van der Waals surface area contributed by atoms with E-state index in [1.807, 2.05) is 12.1 Å². The average molecular weight is 393 g/mol. The number of hydrogen-bond donors (Lipinski definition) is 1. The molecule has 0 unspecified atom stereocenters. The van der Waals surface area contributed by atoms with Crippen LogP contribution in [0.4, 0.5) is 4.79 Å². The molecule has 2 amide bonds. The minimum Gasteiger partial charge on any atom is -0.465 e. The minimum atomic E-state index is -0.444. The first-order valence-corrected chi connectivity index (χ1v) is 9.22. The monoisotopic (exact) mass is 392 g/mol. The van der Waals surface area contributed by atoms with Crippen molar-refractivity contribution in [3.63, 3.8) is 0 Å². The van der Waals surface area contributed by atoms with E-state index >= 15 is 0 Å². The SMILES string of the molecule is CCOC(=O)CNC(=O)N1CCC(c2nc(-c3cccc(Cl)c3)no2)CC1. The average Bonchev–Trinajstić information content (AvgIpc) is 3.17. The highest BCUT2D eigenvalue weighted by Gasteiger charge is 2.27. The van der Waals surface area contributed by atoms with Gasteiger partial charge in [-0.1, -0.05) is 28.9 Å². The van der Waals surface area contributed by atoms with Gasteiger partial charge in [-0.15, -0.1) is 0 Å². The van der Waals surface area contributed by atoms with Crippen molar-refractivity contribution in [2.45, 2.75) is 25.7 Å². The Balaban J connectivity index is 1.52. The van der Waals surface area contributed by atoms with Crippen LogP contribution in [0.2, 0.25) is 5.02 Å². The molecule has 0 aliphatic carbocycles. The number of rotatable bonds is 5. The summed E-state index contributed by atoms with van der Waals surface area (Å²) in [7, 11) is 0. The fraction of sp³-hybridized carbons (Fsp3) is 0.444. The number of carbonyl (C=O) groups excluding carboxylic acids is 2. The quantitative estimate of drug-likeness (QED) is 0.786. The number of esters is 1. The van der Waals surface area contributed by atoms with Crippen molar-refractivity contribution in [3.8, 4) is 11.4 Å². The number of likely N-dealkylation sites (tertiary alicyclic amines) is 1. The van der Waals surface area contributed by atoms with Crippen LogP contribution in [0.3, 0.4) is 0 Å². The Hall–Kier alpha value is -2.61. The molecule has 0 spiro atoms. The molecular formula is C18H21ClN4O4. The summed E-state index contributed by atoms with van der Waals surface area (Å²) < 4.78 is 10.2. The second-order valence-electron chi connectivity index (χ2n) is 6.19. The molecule has 1 N–H and O–H groups in total. The highest BCUT2D eigenvalue weighted by atomic mass is 35.5. The number of nitrogens with zero attached hydrogens (tertiary/aromatic N) is 3. The largest absolute Gasteiger partial charge is 0.465 e. The van der Waals surface area contributed by atoms with Gasteiger partial charge in [0, 0.05) is 29.6 Å². The maximum Gasteiger partial charge on any atom is 0.325 e. The van der Waals surface area contributed by atoms with Gasteiger partial charge < -0.3 is 19.5 Å². The van der Waals surface area contributed by atoms with E-state index in [9.17, 15) is 9.59 Å². The number of amides is 2. The van der Waals surface area contributed by atoms with E-state index in [1.54, 1.807) is 24.0 Å². The van der Waals surface area contributed by atoms with E-state index in [-0.39, 0.29) is 18.5 Å². The van der Waals surface area contributed by atoms with Gasteiger partial charge in [-0.25, -0.2) is 4.79 Å². The summed E-state index contributed by atoms with van der Waals surface area (Å²) in [6.45, 7) is 2.99. The van der Waals surface area contributed by atoms with Crippen LogP contribution >= 0.6 is 11.6 Å². The molecular weight excluding hydrogens is 372 g/mol. The number of aromatic nitrogens is 2. The van der Waals surface area contributed by atoms with Crippen LogP contribution in [0.5, 0.6) is 0 Å².